The molecule has 0 aliphatic carbocycles. The number of carbonyl (C=O) groups is 1. The van der Waals surface area contributed by atoms with Crippen molar-refractivity contribution in [3.8, 4) is 17.0 Å². The van der Waals surface area contributed by atoms with E-state index in [2.05, 4.69) is 31.7 Å². The van der Waals surface area contributed by atoms with Crippen LogP contribution < -0.4 is 15.4 Å². The van der Waals surface area contributed by atoms with Crippen molar-refractivity contribution in [3.63, 3.8) is 0 Å². The van der Waals surface area contributed by atoms with Gasteiger partial charge in [-0.3, -0.25) is 9.48 Å². The van der Waals surface area contributed by atoms with Crippen LogP contribution in [0.2, 0.25) is 5.02 Å². The second kappa shape index (κ2) is 10.5. The average Bonchev–Trinajstić information content (AvgIpc) is 3.13. The van der Waals surface area contributed by atoms with Crippen LogP contribution in [-0.4, -0.2) is 34.9 Å². The number of hydrogen-bond donors (Lipinski definition) is 2. The summed E-state index contributed by atoms with van der Waals surface area (Å²) in [6.07, 6.45) is 6.43. The van der Waals surface area contributed by atoms with E-state index in [1.54, 1.807) is 35.1 Å². The molecule has 2 N–H and O–H groups in total. The number of piperidine rings is 1. The fourth-order valence-corrected chi connectivity index (χ4v) is 4.61. The molecule has 168 valence electrons. The van der Waals surface area contributed by atoms with Gasteiger partial charge in [-0.15, -0.1) is 0 Å². The Balaban J connectivity index is 1.54. The number of benzene rings is 2. The number of aromatic nitrogens is 2. The molecule has 32 heavy (non-hydrogen) atoms. The van der Waals surface area contributed by atoms with Gasteiger partial charge < -0.3 is 15.4 Å². The number of rotatable bonds is 7. The third-order valence-electron chi connectivity index (χ3n) is 5.63. The molecule has 4 rings (SSSR count). The molecule has 3 aromatic rings. The monoisotopic (exact) mass is 516 g/mol. The fourth-order valence-electron chi connectivity index (χ4n) is 3.92. The molecule has 1 unspecified atom stereocenters. The summed E-state index contributed by atoms with van der Waals surface area (Å²) >= 11 is 9.52. The van der Waals surface area contributed by atoms with Crippen LogP contribution in [0.15, 0.2) is 53.1 Å². The molecule has 1 saturated heterocycles. The lowest BCUT2D eigenvalue weighted by Gasteiger charge is -2.23. The van der Waals surface area contributed by atoms with E-state index in [1.807, 2.05) is 25.2 Å². The Labute approximate surface area is 201 Å². The number of amides is 1. The lowest BCUT2D eigenvalue weighted by atomic mass is 10.0. The summed E-state index contributed by atoms with van der Waals surface area (Å²) in [5, 5.41) is 11.5. The predicted molar refractivity (Wildman–Crippen MR) is 132 cm³/mol. The lowest BCUT2D eigenvalue weighted by molar-refractivity contribution is 0.102. The SMILES string of the molecule is Cn1ncc(Br)c1-c1cc(NC(=O)c2ccc(Cl)cc2)ccc1OCCC1CCCCN1. The quantitative estimate of drug-likeness (QED) is 0.424. The van der Waals surface area contributed by atoms with Crippen LogP contribution in [0.5, 0.6) is 5.75 Å². The van der Waals surface area contributed by atoms with Gasteiger partial charge in [-0.25, -0.2) is 0 Å². The number of ether oxygens (including phenoxy) is 1. The molecule has 1 aromatic heterocycles. The van der Waals surface area contributed by atoms with E-state index in [1.165, 1.54) is 19.3 Å². The number of aryl methyl sites for hydroxylation is 1. The van der Waals surface area contributed by atoms with Crippen molar-refractivity contribution in [2.75, 3.05) is 18.5 Å². The highest BCUT2D eigenvalue weighted by atomic mass is 79.9. The van der Waals surface area contributed by atoms with Gasteiger partial charge in [0.1, 0.15) is 5.75 Å². The van der Waals surface area contributed by atoms with Crippen LogP contribution in [-0.2, 0) is 7.05 Å². The third kappa shape index (κ3) is 5.52. The zero-order valence-electron chi connectivity index (χ0n) is 17.9. The van der Waals surface area contributed by atoms with E-state index in [4.69, 9.17) is 16.3 Å². The number of halogens is 2. The van der Waals surface area contributed by atoms with Crippen LogP contribution in [0.4, 0.5) is 5.69 Å². The zero-order chi connectivity index (χ0) is 22.5. The molecular weight excluding hydrogens is 492 g/mol. The van der Waals surface area contributed by atoms with Gasteiger partial charge in [0.05, 0.1) is 23.0 Å². The summed E-state index contributed by atoms with van der Waals surface area (Å²) in [5.41, 5.74) is 2.97. The second-order valence-electron chi connectivity index (χ2n) is 7.92. The van der Waals surface area contributed by atoms with Crippen molar-refractivity contribution in [2.24, 2.45) is 7.05 Å². The Morgan fingerprint density at radius 1 is 1.28 bits per heavy atom. The fraction of sp³-hybridized carbons (Fsp3) is 0.333. The standard InChI is InChI=1S/C24H26BrClN4O2/c1-30-23(21(25)15-28-30)20-14-19(29-24(31)16-5-7-17(26)8-6-16)9-10-22(20)32-13-11-18-4-2-3-12-27-18/h5-10,14-15,18,27H,2-4,11-13H2,1H3,(H,29,31). The van der Waals surface area contributed by atoms with Gasteiger partial charge in [-0.1, -0.05) is 18.0 Å². The first kappa shape index (κ1) is 22.8. The van der Waals surface area contributed by atoms with Crippen molar-refractivity contribution in [3.05, 3.63) is 63.7 Å². The zero-order valence-corrected chi connectivity index (χ0v) is 20.2. The highest BCUT2D eigenvalue weighted by Crippen LogP contribution is 2.37. The van der Waals surface area contributed by atoms with E-state index in [9.17, 15) is 4.79 Å². The van der Waals surface area contributed by atoms with Crippen LogP contribution in [0.1, 0.15) is 36.0 Å². The minimum Gasteiger partial charge on any atom is -0.493 e. The Bertz CT molecular complexity index is 1060. The molecule has 1 fully saturated rings. The summed E-state index contributed by atoms with van der Waals surface area (Å²) < 4.78 is 8.85. The Morgan fingerprint density at radius 2 is 2.09 bits per heavy atom. The van der Waals surface area contributed by atoms with E-state index < -0.39 is 0 Å². The molecule has 0 radical (unpaired) electrons. The molecular formula is C24H26BrClN4O2. The molecule has 2 heterocycles. The van der Waals surface area contributed by atoms with Crippen molar-refractivity contribution in [1.82, 2.24) is 15.1 Å². The third-order valence-corrected chi connectivity index (χ3v) is 6.46. The molecule has 0 spiro atoms. The molecule has 0 saturated carbocycles. The molecule has 0 bridgehead atoms. The second-order valence-corrected chi connectivity index (χ2v) is 9.21. The van der Waals surface area contributed by atoms with E-state index in [0.29, 0.717) is 28.9 Å². The number of hydrogen-bond acceptors (Lipinski definition) is 4. The topological polar surface area (TPSA) is 68.2 Å². The minimum absolute atomic E-state index is 0.200. The van der Waals surface area contributed by atoms with Gasteiger partial charge in [0, 0.05) is 34.9 Å². The summed E-state index contributed by atoms with van der Waals surface area (Å²) in [6, 6.07) is 13.0. The predicted octanol–water partition coefficient (Wildman–Crippen LogP) is 5.67. The van der Waals surface area contributed by atoms with E-state index >= 15 is 0 Å². The highest BCUT2D eigenvalue weighted by Gasteiger charge is 2.18. The van der Waals surface area contributed by atoms with E-state index in [-0.39, 0.29) is 5.91 Å². The van der Waals surface area contributed by atoms with Crippen LogP contribution in [0, 0.1) is 0 Å². The number of anilines is 1. The van der Waals surface area contributed by atoms with Gasteiger partial charge in [0.2, 0.25) is 0 Å². The van der Waals surface area contributed by atoms with Gasteiger partial charge in [-0.05, 0) is 84.2 Å². The molecule has 6 nitrogen and oxygen atoms in total. The Kier molecular flexibility index (Phi) is 7.50. The van der Waals surface area contributed by atoms with Gasteiger partial charge in [-0.2, -0.15) is 5.10 Å². The summed E-state index contributed by atoms with van der Waals surface area (Å²) in [6.45, 7) is 1.70. The molecule has 2 aromatic carbocycles. The van der Waals surface area contributed by atoms with Crippen LogP contribution in [0.3, 0.4) is 0 Å². The highest BCUT2D eigenvalue weighted by molar-refractivity contribution is 9.10. The smallest absolute Gasteiger partial charge is 0.255 e. The number of nitrogens with zero attached hydrogens (tertiary/aromatic N) is 2. The first-order valence-electron chi connectivity index (χ1n) is 10.8. The van der Waals surface area contributed by atoms with Gasteiger partial charge in [0.15, 0.2) is 0 Å². The van der Waals surface area contributed by atoms with Crippen molar-refractivity contribution >= 4 is 39.1 Å². The summed E-state index contributed by atoms with van der Waals surface area (Å²) in [5.74, 6) is 0.559. The van der Waals surface area contributed by atoms with Gasteiger partial charge >= 0.3 is 0 Å². The normalized spacial score (nSPS) is 16.0. The maximum Gasteiger partial charge on any atom is 0.255 e. The largest absolute Gasteiger partial charge is 0.493 e. The Hall–Kier alpha value is -2.35. The van der Waals surface area contributed by atoms with E-state index in [0.717, 1.165) is 34.4 Å². The van der Waals surface area contributed by atoms with Crippen LogP contribution in [0.25, 0.3) is 11.3 Å². The molecule has 8 heteroatoms. The molecule has 1 atom stereocenters. The maximum atomic E-state index is 12.7. The van der Waals surface area contributed by atoms with Crippen molar-refractivity contribution in [1.29, 1.82) is 0 Å². The number of nitrogens with one attached hydrogen (secondary N) is 2. The lowest BCUT2D eigenvalue weighted by Crippen LogP contribution is -2.35. The maximum absolute atomic E-state index is 12.7. The van der Waals surface area contributed by atoms with Gasteiger partial charge in [0.25, 0.3) is 5.91 Å². The average molecular weight is 518 g/mol. The first-order chi connectivity index (χ1) is 15.5. The Morgan fingerprint density at radius 3 is 2.78 bits per heavy atom. The molecule has 1 aliphatic heterocycles. The van der Waals surface area contributed by atoms with Crippen molar-refractivity contribution in [2.45, 2.75) is 31.7 Å². The summed E-state index contributed by atoms with van der Waals surface area (Å²) in [4.78, 5) is 12.7. The minimum atomic E-state index is -0.200. The number of carbonyl (C=O) groups excluding carboxylic acids is 1. The molecule has 1 amide bonds. The van der Waals surface area contributed by atoms with Crippen LogP contribution >= 0.6 is 27.5 Å². The molecule has 1 aliphatic rings. The summed E-state index contributed by atoms with van der Waals surface area (Å²) in [7, 11) is 1.88. The van der Waals surface area contributed by atoms with Crippen molar-refractivity contribution < 1.29 is 9.53 Å². The first-order valence-corrected chi connectivity index (χ1v) is 11.9.